The van der Waals surface area contributed by atoms with E-state index in [0.29, 0.717) is 18.9 Å². The molecule has 18 heavy (non-hydrogen) atoms. The molecule has 1 amide bonds. The molecule has 98 valence electrons. The molecule has 0 saturated carbocycles. The van der Waals surface area contributed by atoms with Crippen LogP contribution in [0.1, 0.15) is 25.3 Å². The van der Waals surface area contributed by atoms with Crippen molar-refractivity contribution in [3.63, 3.8) is 0 Å². The minimum Gasteiger partial charge on any atom is -0.385 e. The van der Waals surface area contributed by atoms with Crippen LogP contribution in [-0.2, 0) is 11.2 Å². The topological polar surface area (TPSA) is 67.1 Å². The molecule has 1 aliphatic rings. The molecule has 4 nitrogen and oxygen atoms in total. The van der Waals surface area contributed by atoms with Gasteiger partial charge in [0.15, 0.2) is 0 Å². The van der Waals surface area contributed by atoms with E-state index in [1.165, 1.54) is 5.56 Å². The van der Waals surface area contributed by atoms with Crippen molar-refractivity contribution in [3.8, 4) is 0 Å². The highest BCUT2D eigenvalue weighted by Gasteiger charge is 2.14. The van der Waals surface area contributed by atoms with E-state index in [1.54, 1.807) is 0 Å². The number of benzene rings is 1. The molecule has 2 rings (SSSR count). The monoisotopic (exact) mass is 247 g/mol. The summed E-state index contributed by atoms with van der Waals surface area (Å²) in [6.45, 7) is 3.77. The number of hydrogen-bond donors (Lipinski definition) is 3. The summed E-state index contributed by atoms with van der Waals surface area (Å²) < 4.78 is 0. The van der Waals surface area contributed by atoms with E-state index in [0.717, 1.165) is 30.8 Å². The molecule has 0 fully saturated rings. The number of anilines is 2. The predicted molar refractivity (Wildman–Crippen MR) is 74.7 cm³/mol. The zero-order valence-corrected chi connectivity index (χ0v) is 10.8. The average molecular weight is 247 g/mol. The van der Waals surface area contributed by atoms with Crippen molar-refractivity contribution in [2.75, 3.05) is 23.7 Å². The lowest BCUT2D eigenvalue weighted by Gasteiger charge is -2.19. The van der Waals surface area contributed by atoms with Gasteiger partial charge in [0.1, 0.15) is 0 Å². The molecule has 0 spiro atoms. The van der Waals surface area contributed by atoms with Crippen LogP contribution in [0.15, 0.2) is 18.2 Å². The second-order valence-corrected chi connectivity index (χ2v) is 4.81. The maximum absolute atomic E-state index is 11.3. The number of rotatable bonds is 5. The molecule has 0 radical (unpaired) electrons. The summed E-state index contributed by atoms with van der Waals surface area (Å²) in [5.74, 6) is 0.623. The first-order valence-electron chi connectivity index (χ1n) is 6.59. The normalized spacial score (nSPS) is 15.8. The van der Waals surface area contributed by atoms with Gasteiger partial charge in [-0.25, -0.2) is 0 Å². The average Bonchev–Trinajstić information content (AvgIpc) is 2.40. The Morgan fingerprint density at radius 1 is 1.44 bits per heavy atom. The van der Waals surface area contributed by atoms with Gasteiger partial charge in [0.05, 0.1) is 0 Å². The Morgan fingerprint density at radius 2 is 2.28 bits per heavy atom. The molecule has 1 atom stereocenters. The summed E-state index contributed by atoms with van der Waals surface area (Å²) in [7, 11) is 0. The third-order valence-electron chi connectivity index (χ3n) is 3.51. The minimum absolute atomic E-state index is 0.109. The minimum atomic E-state index is 0.109. The number of carbonyl (C=O) groups is 1. The molecule has 1 heterocycles. The molecule has 0 aromatic heterocycles. The molecule has 0 aliphatic carbocycles. The quantitative estimate of drug-likeness (QED) is 0.745. The predicted octanol–water partition coefficient (Wildman–Crippen LogP) is 1.97. The van der Waals surface area contributed by atoms with Gasteiger partial charge in [0.25, 0.3) is 0 Å². The Morgan fingerprint density at radius 3 is 3.00 bits per heavy atom. The van der Waals surface area contributed by atoms with Gasteiger partial charge in [0, 0.05) is 24.3 Å². The Bertz CT molecular complexity index is 427. The van der Waals surface area contributed by atoms with Gasteiger partial charge in [0.2, 0.25) is 5.91 Å². The highest BCUT2D eigenvalue weighted by atomic mass is 16.1. The van der Waals surface area contributed by atoms with Crippen LogP contribution in [0.3, 0.4) is 0 Å². The van der Waals surface area contributed by atoms with Crippen molar-refractivity contribution in [3.05, 3.63) is 23.8 Å². The highest BCUT2D eigenvalue weighted by Crippen LogP contribution is 2.25. The third-order valence-corrected chi connectivity index (χ3v) is 3.51. The van der Waals surface area contributed by atoms with Gasteiger partial charge in [-0.3, -0.25) is 4.79 Å². The summed E-state index contributed by atoms with van der Waals surface area (Å²) in [4.78, 5) is 11.3. The van der Waals surface area contributed by atoms with Crippen LogP contribution in [0.4, 0.5) is 11.4 Å². The lowest BCUT2D eigenvalue weighted by atomic mass is 10.0. The molecule has 1 aliphatic heterocycles. The Kier molecular flexibility index (Phi) is 4.20. The van der Waals surface area contributed by atoms with Crippen LogP contribution in [0, 0.1) is 5.92 Å². The van der Waals surface area contributed by atoms with Crippen LogP contribution in [0.2, 0.25) is 0 Å². The number of amides is 1. The van der Waals surface area contributed by atoms with Gasteiger partial charge in [-0.15, -0.1) is 0 Å². The van der Waals surface area contributed by atoms with Crippen LogP contribution >= 0.6 is 0 Å². The van der Waals surface area contributed by atoms with Gasteiger partial charge in [-0.05, 0) is 42.6 Å². The lowest BCUT2D eigenvalue weighted by Crippen LogP contribution is -2.22. The van der Waals surface area contributed by atoms with Gasteiger partial charge < -0.3 is 16.4 Å². The van der Waals surface area contributed by atoms with Crippen LogP contribution in [-0.4, -0.2) is 19.0 Å². The summed E-state index contributed by atoms with van der Waals surface area (Å²) in [5.41, 5.74) is 8.95. The zero-order valence-electron chi connectivity index (χ0n) is 10.8. The number of aryl methyl sites for hydroxylation is 1. The number of hydrogen-bond acceptors (Lipinski definition) is 3. The highest BCUT2D eigenvalue weighted by molar-refractivity contribution is 5.94. The molecule has 4 heteroatoms. The molecule has 1 aromatic carbocycles. The molecule has 0 saturated heterocycles. The smallest absolute Gasteiger partial charge is 0.224 e. The maximum atomic E-state index is 11.3. The van der Waals surface area contributed by atoms with Crippen molar-refractivity contribution in [1.29, 1.82) is 0 Å². The zero-order chi connectivity index (χ0) is 13.0. The largest absolute Gasteiger partial charge is 0.385 e. The first kappa shape index (κ1) is 12.9. The van der Waals surface area contributed by atoms with Crippen molar-refractivity contribution < 1.29 is 4.79 Å². The van der Waals surface area contributed by atoms with Crippen LogP contribution < -0.4 is 16.4 Å². The first-order chi connectivity index (χ1) is 8.72. The van der Waals surface area contributed by atoms with E-state index in [2.05, 4.69) is 23.6 Å². The standard InChI is InChI=1S/C14H21N3O/c1-2-10(8-15)9-16-12-4-5-13-11(7-12)3-6-14(18)17-13/h4-5,7,10,16H,2-3,6,8-9,15H2,1H3,(H,17,18). The number of carbonyl (C=O) groups excluding carboxylic acids is 1. The summed E-state index contributed by atoms with van der Waals surface area (Å²) in [6.07, 6.45) is 2.49. The van der Waals surface area contributed by atoms with E-state index >= 15 is 0 Å². The molecule has 0 bridgehead atoms. The Labute approximate surface area is 108 Å². The van der Waals surface area contributed by atoms with Crippen molar-refractivity contribution in [1.82, 2.24) is 0 Å². The third kappa shape index (κ3) is 3.01. The lowest BCUT2D eigenvalue weighted by molar-refractivity contribution is -0.116. The molecule has 4 N–H and O–H groups in total. The van der Waals surface area contributed by atoms with Crippen LogP contribution in [0.5, 0.6) is 0 Å². The molecular formula is C14H21N3O. The molecular weight excluding hydrogens is 226 g/mol. The van der Waals surface area contributed by atoms with Crippen molar-refractivity contribution >= 4 is 17.3 Å². The fraction of sp³-hybridized carbons (Fsp3) is 0.500. The van der Waals surface area contributed by atoms with E-state index < -0.39 is 0 Å². The number of nitrogens with one attached hydrogen (secondary N) is 2. The SMILES string of the molecule is CCC(CN)CNc1ccc2c(c1)CCC(=O)N2. The van der Waals surface area contributed by atoms with Gasteiger partial charge in [-0.1, -0.05) is 13.3 Å². The number of nitrogens with two attached hydrogens (primary N) is 1. The summed E-state index contributed by atoms with van der Waals surface area (Å²) >= 11 is 0. The van der Waals surface area contributed by atoms with E-state index in [9.17, 15) is 4.79 Å². The van der Waals surface area contributed by atoms with Gasteiger partial charge >= 0.3 is 0 Å². The maximum Gasteiger partial charge on any atom is 0.224 e. The fourth-order valence-electron chi connectivity index (χ4n) is 2.15. The van der Waals surface area contributed by atoms with E-state index in [1.807, 2.05) is 12.1 Å². The molecule has 1 unspecified atom stereocenters. The second-order valence-electron chi connectivity index (χ2n) is 4.81. The summed E-state index contributed by atoms with van der Waals surface area (Å²) in [5, 5.41) is 6.30. The summed E-state index contributed by atoms with van der Waals surface area (Å²) in [6, 6.07) is 6.10. The van der Waals surface area contributed by atoms with Crippen molar-refractivity contribution in [2.24, 2.45) is 11.7 Å². The Balaban J connectivity index is 2.01. The van der Waals surface area contributed by atoms with E-state index in [-0.39, 0.29) is 5.91 Å². The van der Waals surface area contributed by atoms with Gasteiger partial charge in [-0.2, -0.15) is 0 Å². The first-order valence-corrected chi connectivity index (χ1v) is 6.59. The molecule has 1 aromatic rings. The second kappa shape index (κ2) is 5.87. The fourth-order valence-corrected chi connectivity index (χ4v) is 2.15. The van der Waals surface area contributed by atoms with Crippen molar-refractivity contribution in [2.45, 2.75) is 26.2 Å². The van der Waals surface area contributed by atoms with Crippen LogP contribution in [0.25, 0.3) is 0 Å². The van der Waals surface area contributed by atoms with E-state index in [4.69, 9.17) is 5.73 Å². The number of fused-ring (bicyclic) bond motifs is 1. The Hall–Kier alpha value is -1.55.